The monoisotopic (exact) mass is 668 g/mol. The zero-order chi connectivity index (χ0) is 31.0. The Bertz CT molecular complexity index is 2010. The molecule has 0 aromatic heterocycles. The van der Waals surface area contributed by atoms with Crippen molar-refractivity contribution < 1.29 is 21.3 Å². The van der Waals surface area contributed by atoms with E-state index < -0.39 is 21.3 Å². The summed E-state index contributed by atoms with van der Waals surface area (Å²) >= 11 is -2.98. The summed E-state index contributed by atoms with van der Waals surface area (Å²) in [4.78, 5) is 0. The van der Waals surface area contributed by atoms with Gasteiger partial charge in [0.15, 0.2) is 0 Å². The normalized spacial score (nSPS) is 14.7. The fraction of sp³-hybridized carbons (Fsp3) is 0.133. The summed E-state index contributed by atoms with van der Waals surface area (Å²) in [5.41, 5.74) is 17.4. The Morgan fingerprint density at radius 1 is 0.500 bits per heavy atom. The quantitative estimate of drug-likeness (QED) is 0.159. The average molecular weight is 670 g/mol. The molecule has 8 rings (SSSR count). The second kappa shape index (κ2) is 12.5. The molecule has 222 valence electrons. The van der Waals surface area contributed by atoms with Crippen LogP contribution in [0, 0.1) is 0 Å². The topological polar surface area (TPSA) is 0 Å². The van der Waals surface area contributed by atoms with Crippen LogP contribution in [0.2, 0.25) is 0 Å². The minimum absolute atomic E-state index is 0.357. The second-order valence-corrected chi connectivity index (χ2v) is 18.9. The first kappa shape index (κ1) is 29.2. The van der Waals surface area contributed by atoms with Gasteiger partial charge in [-0.15, -0.1) is 0 Å². The van der Waals surface area contributed by atoms with E-state index in [2.05, 4.69) is 172 Å². The van der Waals surface area contributed by atoms with Crippen molar-refractivity contribution in [3.63, 3.8) is 0 Å². The molecule has 0 bridgehead atoms. The third-order valence-corrected chi connectivity index (χ3v) is 19.0. The van der Waals surface area contributed by atoms with Crippen LogP contribution in [0.25, 0.3) is 22.8 Å². The first-order valence-corrected chi connectivity index (χ1v) is 20.8. The average Bonchev–Trinajstić information content (AvgIpc) is 3.67. The molecular formula is C45H38Zr. The predicted octanol–water partition coefficient (Wildman–Crippen LogP) is 11.1. The van der Waals surface area contributed by atoms with E-state index in [1.165, 1.54) is 55.6 Å². The first-order chi connectivity index (χ1) is 22.7. The summed E-state index contributed by atoms with van der Waals surface area (Å²) < 4.78 is 2.35. The Balaban J connectivity index is 1.54. The number of rotatable bonds is 7. The minimum atomic E-state index is -2.98. The van der Waals surface area contributed by atoms with Gasteiger partial charge in [-0.25, -0.2) is 0 Å². The molecule has 0 aliphatic heterocycles. The third kappa shape index (κ3) is 5.07. The standard InChI is InChI=1S/C17H17.C15H11.C13H10.Zr/c1-3-12-5-7-16-14(9-12)11-15-10-13(4-2)6-8-17(15)16;1-2-6-12(7-3-1)15-10-13-8-4-5-9-14(13)11-15;1-3-7-12(8-4-1)11-13-9-5-2-6-10-13;/h5-11H,3-4H2,1-2H3;1-11H;1-10H;. The van der Waals surface area contributed by atoms with Crippen LogP contribution in [0.1, 0.15) is 71.2 Å². The maximum atomic E-state index is 2.58. The van der Waals surface area contributed by atoms with Crippen molar-refractivity contribution >= 4 is 14.9 Å². The summed E-state index contributed by atoms with van der Waals surface area (Å²) in [6.45, 7) is 4.59. The number of aryl methyl sites for hydroxylation is 2. The molecule has 2 aliphatic rings. The Labute approximate surface area is 281 Å². The van der Waals surface area contributed by atoms with E-state index in [-0.39, 0.29) is 0 Å². The summed E-state index contributed by atoms with van der Waals surface area (Å²) in [5, 5.41) is 0. The Morgan fingerprint density at radius 3 is 1.54 bits per heavy atom. The van der Waals surface area contributed by atoms with E-state index in [4.69, 9.17) is 0 Å². The van der Waals surface area contributed by atoms with Crippen LogP contribution in [0.15, 0.2) is 152 Å². The molecular weight excluding hydrogens is 632 g/mol. The van der Waals surface area contributed by atoms with Crippen molar-refractivity contribution in [3.05, 3.63) is 202 Å². The van der Waals surface area contributed by atoms with Crippen LogP contribution in [0.3, 0.4) is 0 Å². The molecule has 0 fully saturated rings. The van der Waals surface area contributed by atoms with Crippen molar-refractivity contribution in [2.45, 2.75) is 33.9 Å². The zero-order valence-corrected chi connectivity index (χ0v) is 29.0. The summed E-state index contributed by atoms with van der Waals surface area (Å²) in [7, 11) is 0. The molecule has 0 saturated heterocycles. The molecule has 46 heavy (non-hydrogen) atoms. The van der Waals surface area contributed by atoms with Gasteiger partial charge in [-0.3, -0.25) is 0 Å². The van der Waals surface area contributed by atoms with Gasteiger partial charge in [0.2, 0.25) is 0 Å². The molecule has 6 aromatic rings. The van der Waals surface area contributed by atoms with E-state index in [9.17, 15) is 0 Å². The van der Waals surface area contributed by atoms with E-state index >= 15 is 0 Å². The van der Waals surface area contributed by atoms with Crippen molar-refractivity contribution in [1.82, 2.24) is 0 Å². The van der Waals surface area contributed by atoms with Gasteiger partial charge >= 0.3 is 283 Å². The SMILES string of the molecule is CCc1ccc2c(c1)[CH]([Zr](=[C](c1ccccc1)c1ccccc1)[CH]1C(c3ccccc3)=Cc3ccccc31)c1cc(CC)ccc1-2. The number of hydrogen-bond donors (Lipinski definition) is 0. The molecule has 1 atom stereocenters. The van der Waals surface area contributed by atoms with E-state index in [1.807, 2.05) is 0 Å². The Kier molecular flexibility index (Phi) is 7.97. The summed E-state index contributed by atoms with van der Waals surface area (Å²) in [6, 6.07) is 58.0. The van der Waals surface area contributed by atoms with Crippen molar-refractivity contribution in [3.8, 4) is 11.1 Å². The molecule has 2 aliphatic carbocycles. The molecule has 0 amide bonds. The molecule has 1 unspecified atom stereocenters. The second-order valence-electron chi connectivity index (χ2n) is 12.6. The van der Waals surface area contributed by atoms with Crippen molar-refractivity contribution in [2.24, 2.45) is 0 Å². The van der Waals surface area contributed by atoms with Crippen molar-refractivity contribution in [1.29, 1.82) is 0 Å². The van der Waals surface area contributed by atoms with E-state index in [0.29, 0.717) is 7.25 Å². The number of hydrogen-bond acceptors (Lipinski definition) is 0. The number of benzene rings is 6. The molecule has 0 N–H and O–H groups in total. The molecule has 1 heteroatoms. The molecule has 0 nitrogen and oxygen atoms in total. The number of allylic oxidation sites excluding steroid dienone is 1. The van der Waals surface area contributed by atoms with Crippen LogP contribution in [-0.2, 0) is 34.1 Å². The van der Waals surface area contributed by atoms with Gasteiger partial charge in [-0.2, -0.15) is 0 Å². The van der Waals surface area contributed by atoms with Crippen LogP contribution in [0.5, 0.6) is 0 Å². The summed E-state index contributed by atoms with van der Waals surface area (Å²) in [6.07, 6.45) is 4.61. The van der Waals surface area contributed by atoms with Gasteiger partial charge in [0.1, 0.15) is 0 Å². The number of fused-ring (bicyclic) bond motifs is 4. The maximum absolute atomic E-state index is 2.98. The van der Waals surface area contributed by atoms with Gasteiger partial charge in [0.05, 0.1) is 0 Å². The fourth-order valence-corrected chi connectivity index (χ4v) is 18.3. The van der Waals surface area contributed by atoms with Crippen LogP contribution < -0.4 is 0 Å². The van der Waals surface area contributed by atoms with Crippen LogP contribution >= 0.6 is 0 Å². The van der Waals surface area contributed by atoms with Gasteiger partial charge < -0.3 is 0 Å². The van der Waals surface area contributed by atoms with Crippen LogP contribution in [-0.4, -0.2) is 3.21 Å². The molecule has 0 radical (unpaired) electrons. The van der Waals surface area contributed by atoms with Gasteiger partial charge in [-0.1, -0.05) is 0 Å². The van der Waals surface area contributed by atoms with E-state index in [0.717, 1.165) is 12.8 Å². The van der Waals surface area contributed by atoms with Gasteiger partial charge in [0.25, 0.3) is 0 Å². The van der Waals surface area contributed by atoms with Crippen molar-refractivity contribution in [2.75, 3.05) is 0 Å². The molecule has 0 heterocycles. The first-order valence-electron chi connectivity index (χ1n) is 16.7. The zero-order valence-electron chi connectivity index (χ0n) is 26.6. The molecule has 0 saturated carbocycles. The third-order valence-electron chi connectivity index (χ3n) is 10.0. The van der Waals surface area contributed by atoms with Crippen LogP contribution in [0.4, 0.5) is 0 Å². The Hall–Kier alpha value is -4.19. The van der Waals surface area contributed by atoms with E-state index in [1.54, 1.807) is 14.3 Å². The predicted molar refractivity (Wildman–Crippen MR) is 192 cm³/mol. The summed E-state index contributed by atoms with van der Waals surface area (Å²) in [5.74, 6) is 0. The fourth-order valence-electron chi connectivity index (χ4n) is 7.84. The Morgan fingerprint density at radius 2 is 1.00 bits per heavy atom. The van der Waals surface area contributed by atoms with Gasteiger partial charge in [-0.05, 0) is 0 Å². The van der Waals surface area contributed by atoms with Gasteiger partial charge in [0, 0.05) is 0 Å². The molecule has 0 spiro atoms. The molecule has 6 aromatic carbocycles.